The number of carbonyl (C=O) groups excluding carboxylic acids is 2. The first-order valence-corrected chi connectivity index (χ1v) is 11.9. The molecular weight excluding hydrogens is 438 g/mol. The second kappa shape index (κ2) is 9.23. The van der Waals surface area contributed by atoms with E-state index in [0.717, 1.165) is 36.3 Å². The number of anilines is 1. The highest BCUT2D eigenvalue weighted by Crippen LogP contribution is 2.39. The molecule has 2 N–H and O–H groups in total. The lowest BCUT2D eigenvalue weighted by atomic mass is 10.0. The summed E-state index contributed by atoms with van der Waals surface area (Å²) in [4.78, 5) is 31.3. The van der Waals surface area contributed by atoms with Gasteiger partial charge in [0.2, 0.25) is 12.7 Å². The minimum Gasteiger partial charge on any atom is -0.454 e. The van der Waals surface area contributed by atoms with Gasteiger partial charge in [-0.25, -0.2) is 4.98 Å². The van der Waals surface area contributed by atoms with Crippen LogP contribution in [0.4, 0.5) is 5.13 Å². The van der Waals surface area contributed by atoms with Crippen molar-refractivity contribution in [3.8, 4) is 11.5 Å². The van der Waals surface area contributed by atoms with E-state index in [1.165, 1.54) is 16.9 Å². The minimum atomic E-state index is -0.272. The molecule has 0 spiro atoms. The molecule has 2 heterocycles. The topological polar surface area (TPSA) is 89.6 Å². The average molecular weight is 464 g/mol. The Kier molecular flexibility index (Phi) is 6.00. The number of fused-ring (bicyclic) bond motifs is 2. The van der Waals surface area contributed by atoms with Crippen LogP contribution >= 0.6 is 11.3 Å². The molecule has 2 atom stereocenters. The molecule has 1 aromatic heterocycles. The molecule has 8 heteroatoms. The number of hydrogen-bond acceptors (Lipinski definition) is 6. The van der Waals surface area contributed by atoms with Crippen molar-refractivity contribution in [1.29, 1.82) is 0 Å². The molecule has 0 saturated carbocycles. The number of carbonyl (C=O) groups is 2. The van der Waals surface area contributed by atoms with Gasteiger partial charge >= 0.3 is 0 Å². The van der Waals surface area contributed by atoms with Crippen LogP contribution in [-0.2, 0) is 17.6 Å². The van der Waals surface area contributed by atoms with Gasteiger partial charge in [0, 0.05) is 16.5 Å². The number of aromatic nitrogens is 1. The Labute approximate surface area is 196 Å². The van der Waals surface area contributed by atoms with Crippen molar-refractivity contribution in [2.45, 2.75) is 44.6 Å². The second-order valence-corrected chi connectivity index (χ2v) is 9.46. The molecule has 170 valence electrons. The van der Waals surface area contributed by atoms with Gasteiger partial charge in [-0.1, -0.05) is 30.3 Å². The summed E-state index contributed by atoms with van der Waals surface area (Å²) in [5, 5.41) is 6.51. The van der Waals surface area contributed by atoms with E-state index < -0.39 is 0 Å². The van der Waals surface area contributed by atoms with E-state index >= 15 is 0 Å². The fraction of sp³-hybridized carbons (Fsp3) is 0.320. The summed E-state index contributed by atoms with van der Waals surface area (Å²) in [6.45, 7) is 2.20. The third-order valence-electron chi connectivity index (χ3n) is 5.99. The van der Waals surface area contributed by atoms with Crippen LogP contribution in [0, 0.1) is 0 Å². The quantitative estimate of drug-likeness (QED) is 0.546. The number of aryl methyl sites for hydroxylation is 2. The van der Waals surface area contributed by atoms with Gasteiger partial charge in [-0.3, -0.25) is 14.9 Å². The molecule has 2 aliphatic rings. The predicted molar refractivity (Wildman–Crippen MR) is 126 cm³/mol. The molecule has 0 radical (unpaired) electrons. The van der Waals surface area contributed by atoms with Gasteiger partial charge in [0.1, 0.15) is 0 Å². The van der Waals surface area contributed by atoms with Gasteiger partial charge in [0.25, 0.3) is 5.91 Å². The molecule has 0 unspecified atom stereocenters. The highest BCUT2D eigenvalue weighted by molar-refractivity contribution is 7.16. The van der Waals surface area contributed by atoms with Gasteiger partial charge in [-0.05, 0) is 56.4 Å². The maximum atomic E-state index is 12.9. The summed E-state index contributed by atoms with van der Waals surface area (Å²) in [5.74, 6) is 0.658. The Morgan fingerprint density at radius 3 is 2.82 bits per heavy atom. The van der Waals surface area contributed by atoms with Crippen LogP contribution in [0.25, 0.3) is 0 Å². The van der Waals surface area contributed by atoms with Crippen molar-refractivity contribution >= 4 is 28.3 Å². The Bertz CT molecular complexity index is 1180. The number of hydrogen-bond donors (Lipinski definition) is 2. The number of amides is 2. The molecule has 0 saturated heterocycles. The number of ether oxygens (including phenoxy) is 2. The lowest BCUT2D eigenvalue weighted by Gasteiger charge is -2.17. The van der Waals surface area contributed by atoms with Crippen molar-refractivity contribution in [2.75, 3.05) is 12.1 Å². The Morgan fingerprint density at radius 1 is 1.15 bits per heavy atom. The summed E-state index contributed by atoms with van der Waals surface area (Å²) in [6, 6.07) is 15.4. The normalized spacial score (nSPS) is 16.8. The molecule has 3 aromatic rings. The third kappa shape index (κ3) is 4.71. The zero-order valence-corrected chi connectivity index (χ0v) is 19.1. The first-order chi connectivity index (χ1) is 16.1. The smallest absolute Gasteiger partial charge is 0.257 e. The Hall–Kier alpha value is -3.39. The third-order valence-corrected chi connectivity index (χ3v) is 7.03. The lowest BCUT2D eigenvalue weighted by molar-refractivity contribution is -0.123. The van der Waals surface area contributed by atoms with Crippen molar-refractivity contribution in [3.63, 3.8) is 0 Å². The van der Waals surface area contributed by atoms with Crippen LogP contribution in [0.1, 0.15) is 52.2 Å². The molecule has 1 aliphatic carbocycles. The predicted octanol–water partition coefficient (Wildman–Crippen LogP) is 4.29. The molecule has 0 fully saturated rings. The minimum absolute atomic E-state index is 0.00765. The van der Waals surface area contributed by atoms with Crippen LogP contribution in [-0.4, -0.2) is 29.6 Å². The molecule has 2 aromatic carbocycles. The summed E-state index contributed by atoms with van der Waals surface area (Å²) in [6.07, 6.45) is 3.35. The second-order valence-electron chi connectivity index (χ2n) is 8.37. The number of nitrogens with one attached hydrogen (secondary N) is 2. The molecule has 1 aliphatic heterocycles. The number of benzene rings is 2. The van der Waals surface area contributed by atoms with Crippen LogP contribution in [0.2, 0.25) is 0 Å². The van der Waals surface area contributed by atoms with E-state index in [0.29, 0.717) is 22.2 Å². The van der Waals surface area contributed by atoms with Gasteiger partial charge in [-0.2, -0.15) is 0 Å². The maximum absolute atomic E-state index is 12.9. The molecule has 5 rings (SSSR count). The van der Waals surface area contributed by atoms with Crippen LogP contribution in [0.3, 0.4) is 0 Å². The molecule has 33 heavy (non-hydrogen) atoms. The van der Waals surface area contributed by atoms with Crippen LogP contribution in [0.5, 0.6) is 11.5 Å². The first-order valence-electron chi connectivity index (χ1n) is 11.1. The highest BCUT2D eigenvalue weighted by atomic mass is 32.1. The summed E-state index contributed by atoms with van der Waals surface area (Å²) >= 11 is 1.44. The maximum Gasteiger partial charge on any atom is 0.257 e. The van der Waals surface area contributed by atoms with E-state index in [-0.39, 0.29) is 30.6 Å². The van der Waals surface area contributed by atoms with Crippen molar-refractivity contribution in [2.24, 2.45) is 0 Å². The fourth-order valence-electron chi connectivity index (χ4n) is 4.19. The molecular formula is C25H25N3O4S. The monoisotopic (exact) mass is 463 g/mol. The van der Waals surface area contributed by atoms with E-state index in [2.05, 4.69) is 27.8 Å². The number of thiazole rings is 1. The van der Waals surface area contributed by atoms with Crippen molar-refractivity contribution < 1.29 is 19.1 Å². The Morgan fingerprint density at radius 2 is 1.97 bits per heavy atom. The average Bonchev–Trinajstić information content (AvgIpc) is 3.53. The molecule has 7 nitrogen and oxygen atoms in total. The summed E-state index contributed by atoms with van der Waals surface area (Å²) in [5.41, 5.74) is 2.52. The van der Waals surface area contributed by atoms with E-state index in [1.807, 2.05) is 25.1 Å². The molecule has 2 amide bonds. The van der Waals surface area contributed by atoms with Gasteiger partial charge in [0.15, 0.2) is 16.6 Å². The Balaban J connectivity index is 1.19. The number of nitrogens with zero attached hydrogens (tertiary/aromatic N) is 1. The summed E-state index contributed by atoms with van der Waals surface area (Å²) in [7, 11) is 0. The van der Waals surface area contributed by atoms with E-state index in [9.17, 15) is 9.59 Å². The standard InChI is InChI=1S/C25H25N3O4S/c1-15(7-8-16-5-3-2-4-6-16)26-24(30)18-10-12-21-22(18)27-25(33-21)28-23(29)17-9-11-19-20(13-17)32-14-31-19/h2-6,9,11,13,15,18H,7-8,10,12,14H2,1H3,(H,26,30)(H,27,28,29)/t15-,18-/m1/s1. The van der Waals surface area contributed by atoms with Crippen molar-refractivity contribution in [1.82, 2.24) is 10.3 Å². The van der Waals surface area contributed by atoms with E-state index in [4.69, 9.17) is 9.47 Å². The lowest BCUT2D eigenvalue weighted by Crippen LogP contribution is -2.36. The fourth-order valence-corrected chi connectivity index (χ4v) is 5.22. The zero-order chi connectivity index (χ0) is 22.8. The highest BCUT2D eigenvalue weighted by Gasteiger charge is 2.33. The number of rotatable bonds is 7. The van der Waals surface area contributed by atoms with E-state index in [1.54, 1.807) is 18.2 Å². The van der Waals surface area contributed by atoms with Crippen LogP contribution in [0.15, 0.2) is 48.5 Å². The van der Waals surface area contributed by atoms with Gasteiger partial charge in [-0.15, -0.1) is 11.3 Å². The van der Waals surface area contributed by atoms with Crippen LogP contribution < -0.4 is 20.1 Å². The first kappa shape index (κ1) is 21.5. The largest absolute Gasteiger partial charge is 0.454 e. The molecule has 0 bridgehead atoms. The van der Waals surface area contributed by atoms with Crippen molar-refractivity contribution in [3.05, 3.63) is 70.2 Å². The zero-order valence-electron chi connectivity index (χ0n) is 18.3. The van der Waals surface area contributed by atoms with Gasteiger partial charge in [0.05, 0.1) is 11.6 Å². The SMILES string of the molecule is C[C@H](CCc1ccccc1)NC(=O)[C@@H]1CCc2sc(NC(=O)c3ccc4c(c3)OCO4)nc21. The summed E-state index contributed by atoms with van der Waals surface area (Å²) < 4.78 is 10.6. The van der Waals surface area contributed by atoms with Gasteiger partial charge < -0.3 is 14.8 Å².